The Balaban J connectivity index is 1.77. The van der Waals surface area contributed by atoms with E-state index in [1.807, 2.05) is 24.3 Å². The van der Waals surface area contributed by atoms with Gasteiger partial charge in [0.1, 0.15) is 11.8 Å². The van der Waals surface area contributed by atoms with E-state index in [1.54, 1.807) is 0 Å². The molecule has 1 aromatic carbocycles. The molecule has 1 aromatic rings. The Kier molecular flexibility index (Phi) is 5.20. The number of hydrogen-bond donors (Lipinski definition) is 1. The van der Waals surface area contributed by atoms with Crippen LogP contribution < -0.4 is 10.1 Å². The zero-order valence-electron chi connectivity index (χ0n) is 11.4. The summed E-state index contributed by atoms with van der Waals surface area (Å²) < 4.78 is 5.30. The number of nitriles is 1. The maximum Gasteiger partial charge on any atom is 0.174 e. The topological polar surface area (TPSA) is 48.3 Å². The highest BCUT2D eigenvalue weighted by molar-refractivity contribution is 5.28. The molecule has 0 bridgehead atoms. The minimum Gasteiger partial charge on any atom is -0.479 e. The zero-order chi connectivity index (χ0) is 13.5. The zero-order valence-corrected chi connectivity index (χ0v) is 11.4. The third-order valence-electron chi connectivity index (χ3n) is 3.58. The maximum absolute atomic E-state index is 8.49. The number of hydrogen-bond acceptors (Lipinski definition) is 4. The first-order valence-corrected chi connectivity index (χ1v) is 6.79. The molecule has 0 aromatic heterocycles. The fourth-order valence-electron chi connectivity index (χ4n) is 2.48. The lowest BCUT2D eigenvalue weighted by atomic mass is 10.2. The first-order valence-electron chi connectivity index (χ1n) is 6.79. The molecule has 0 saturated carbocycles. The van der Waals surface area contributed by atoms with Crippen molar-refractivity contribution in [2.24, 2.45) is 0 Å². The van der Waals surface area contributed by atoms with E-state index < -0.39 is 0 Å². The van der Waals surface area contributed by atoms with Crippen LogP contribution in [0.5, 0.6) is 5.75 Å². The fourth-order valence-corrected chi connectivity index (χ4v) is 2.48. The van der Waals surface area contributed by atoms with Crippen molar-refractivity contribution >= 4 is 0 Å². The maximum atomic E-state index is 8.49. The third-order valence-corrected chi connectivity index (χ3v) is 3.58. The van der Waals surface area contributed by atoms with Crippen molar-refractivity contribution in [1.29, 1.82) is 5.26 Å². The Bertz CT molecular complexity index is 441. The van der Waals surface area contributed by atoms with E-state index in [0.717, 1.165) is 18.8 Å². The van der Waals surface area contributed by atoms with Crippen LogP contribution in [0.25, 0.3) is 0 Å². The van der Waals surface area contributed by atoms with Gasteiger partial charge in [0.15, 0.2) is 6.61 Å². The lowest BCUT2D eigenvalue weighted by Crippen LogP contribution is -2.35. The second kappa shape index (κ2) is 7.13. The minimum atomic E-state index is 0.101. The van der Waals surface area contributed by atoms with E-state index in [1.165, 1.54) is 24.9 Å². The van der Waals surface area contributed by atoms with Crippen molar-refractivity contribution in [2.45, 2.75) is 25.4 Å². The molecule has 1 aliphatic heterocycles. The average Bonchev–Trinajstić information content (AvgIpc) is 2.83. The molecule has 1 heterocycles. The quantitative estimate of drug-likeness (QED) is 0.846. The van der Waals surface area contributed by atoms with Gasteiger partial charge in [-0.1, -0.05) is 12.1 Å². The molecule has 1 aliphatic rings. The van der Waals surface area contributed by atoms with Crippen molar-refractivity contribution < 1.29 is 4.74 Å². The van der Waals surface area contributed by atoms with Crippen molar-refractivity contribution in [3.63, 3.8) is 0 Å². The van der Waals surface area contributed by atoms with Gasteiger partial charge in [-0.15, -0.1) is 0 Å². The Morgan fingerprint density at radius 1 is 1.53 bits per heavy atom. The Morgan fingerprint density at radius 3 is 3.16 bits per heavy atom. The number of benzene rings is 1. The van der Waals surface area contributed by atoms with E-state index in [-0.39, 0.29) is 6.61 Å². The predicted molar refractivity (Wildman–Crippen MR) is 74.9 cm³/mol. The van der Waals surface area contributed by atoms with Crippen molar-refractivity contribution in [1.82, 2.24) is 10.2 Å². The van der Waals surface area contributed by atoms with Crippen LogP contribution >= 0.6 is 0 Å². The van der Waals surface area contributed by atoms with Gasteiger partial charge >= 0.3 is 0 Å². The number of nitrogens with one attached hydrogen (secondary N) is 1. The van der Waals surface area contributed by atoms with Crippen molar-refractivity contribution in [3.8, 4) is 11.8 Å². The highest BCUT2D eigenvalue weighted by Crippen LogP contribution is 2.15. The summed E-state index contributed by atoms with van der Waals surface area (Å²) in [6.07, 6.45) is 2.59. The summed E-state index contributed by atoms with van der Waals surface area (Å²) in [4.78, 5) is 2.42. The van der Waals surface area contributed by atoms with Gasteiger partial charge in [-0.2, -0.15) is 5.26 Å². The Labute approximate surface area is 115 Å². The number of ether oxygens (including phenoxy) is 1. The second-order valence-corrected chi connectivity index (χ2v) is 5.00. The van der Waals surface area contributed by atoms with Gasteiger partial charge in [-0.05, 0) is 44.1 Å². The second-order valence-electron chi connectivity index (χ2n) is 5.00. The molecule has 4 nitrogen and oxygen atoms in total. The molecule has 1 saturated heterocycles. The normalized spacial score (nSPS) is 19.3. The van der Waals surface area contributed by atoms with E-state index >= 15 is 0 Å². The van der Waals surface area contributed by atoms with Crippen LogP contribution in [0.1, 0.15) is 18.4 Å². The minimum absolute atomic E-state index is 0.101. The van der Waals surface area contributed by atoms with Crippen LogP contribution in [-0.4, -0.2) is 37.7 Å². The SMILES string of the molecule is CN1CCCC1CNCc1cccc(OCC#N)c1. The van der Waals surface area contributed by atoms with Crippen LogP contribution in [0.15, 0.2) is 24.3 Å². The van der Waals surface area contributed by atoms with Gasteiger partial charge in [0.05, 0.1) is 0 Å². The van der Waals surface area contributed by atoms with Crippen LogP contribution in [-0.2, 0) is 6.54 Å². The first-order chi connectivity index (χ1) is 9.29. The molecule has 1 N–H and O–H groups in total. The molecule has 19 heavy (non-hydrogen) atoms. The first kappa shape index (κ1) is 13.9. The summed E-state index contributed by atoms with van der Waals surface area (Å²) >= 11 is 0. The average molecular weight is 259 g/mol. The largest absolute Gasteiger partial charge is 0.479 e. The fraction of sp³-hybridized carbons (Fsp3) is 0.533. The van der Waals surface area contributed by atoms with Gasteiger partial charge < -0.3 is 15.0 Å². The van der Waals surface area contributed by atoms with E-state index in [0.29, 0.717) is 6.04 Å². The monoisotopic (exact) mass is 259 g/mol. The molecule has 1 atom stereocenters. The molecule has 0 amide bonds. The highest BCUT2D eigenvalue weighted by atomic mass is 16.5. The van der Waals surface area contributed by atoms with Crippen molar-refractivity contribution in [3.05, 3.63) is 29.8 Å². The number of likely N-dealkylation sites (tertiary alicyclic amines) is 1. The summed E-state index contributed by atoms with van der Waals surface area (Å²) in [5.41, 5.74) is 1.19. The highest BCUT2D eigenvalue weighted by Gasteiger charge is 2.19. The van der Waals surface area contributed by atoms with Gasteiger partial charge in [0.2, 0.25) is 0 Å². The molecule has 4 heteroatoms. The molecular formula is C15H21N3O. The summed E-state index contributed by atoms with van der Waals surface area (Å²) in [6.45, 7) is 3.18. The summed E-state index contributed by atoms with van der Waals surface area (Å²) in [6, 6.07) is 10.5. The van der Waals surface area contributed by atoms with Gasteiger partial charge in [0.25, 0.3) is 0 Å². The van der Waals surface area contributed by atoms with Crippen LogP contribution in [0.3, 0.4) is 0 Å². The predicted octanol–water partition coefficient (Wildman–Crippen LogP) is 1.77. The smallest absolute Gasteiger partial charge is 0.174 e. The molecule has 0 radical (unpaired) electrons. The molecular weight excluding hydrogens is 238 g/mol. The van der Waals surface area contributed by atoms with Gasteiger partial charge in [-0.3, -0.25) is 0 Å². The molecule has 1 fully saturated rings. The van der Waals surface area contributed by atoms with Gasteiger partial charge in [0, 0.05) is 19.1 Å². The Morgan fingerprint density at radius 2 is 2.42 bits per heavy atom. The number of nitrogens with zero attached hydrogens (tertiary/aromatic N) is 2. The van der Waals surface area contributed by atoms with Crippen molar-refractivity contribution in [2.75, 3.05) is 26.7 Å². The molecule has 1 unspecified atom stereocenters. The standard InChI is InChI=1S/C15H21N3O/c1-18-8-3-5-14(18)12-17-11-13-4-2-6-15(10-13)19-9-7-16/h2,4,6,10,14,17H,3,5,8-9,11-12H2,1H3. The Hall–Kier alpha value is -1.57. The lowest BCUT2D eigenvalue weighted by molar-refractivity contribution is 0.300. The lowest BCUT2D eigenvalue weighted by Gasteiger charge is -2.19. The summed E-state index contributed by atoms with van der Waals surface area (Å²) in [5.74, 6) is 0.763. The van der Waals surface area contributed by atoms with E-state index in [9.17, 15) is 0 Å². The van der Waals surface area contributed by atoms with Crippen LogP contribution in [0.4, 0.5) is 0 Å². The van der Waals surface area contributed by atoms with Crippen LogP contribution in [0.2, 0.25) is 0 Å². The number of rotatable bonds is 6. The summed E-state index contributed by atoms with van der Waals surface area (Å²) in [5, 5.41) is 12.0. The third kappa shape index (κ3) is 4.23. The molecule has 2 rings (SSSR count). The van der Waals surface area contributed by atoms with Crippen LogP contribution in [0, 0.1) is 11.3 Å². The van der Waals surface area contributed by atoms with E-state index in [4.69, 9.17) is 10.00 Å². The molecule has 0 spiro atoms. The molecule has 102 valence electrons. The van der Waals surface area contributed by atoms with Gasteiger partial charge in [-0.25, -0.2) is 0 Å². The van der Waals surface area contributed by atoms with E-state index in [2.05, 4.69) is 23.3 Å². The molecule has 0 aliphatic carbocycles. The number of likely N-dealkylation sites (N-methyl/N-ethyl adjacent to an activating group) is 1. The summed E-state index contributed by atoms with van der Waals surface area (Å²) in [7, 11) is 2.19.